The molecule has 2 unspecified atom stereocenters. The molecule has 0 spiro atoms. The molecule has 0 heterocycles. The van der Waals surface area contributed by atoms with Crippen molar-refractivity contribution >= 4 is 0 Å². The SMILES string of the molecule is CCCCC(CC)CC(O)CC. The zero-order valence-corrected chi connectivity index (χ0v) is 8.84. The van der Waals surface area contributed by atoms with Crippen molar-refractivity contribution in [3.05, 3.63) is 0 Å². The van der Waals surface area contributed by atoms with E-state index in [-0.39, 0.29) is 6.10 Å². The molecule has 0 aromatic carbocycles. The maximum absolute atomic E-state index is 9.46. The molecule has 0 aliphatic carbocycles. The molecule has 0 aliphatic heterocycles. The fourth-order valence-electron chi connectivity index (χ4n) is 1.53. The highest BCUT2D eigenvalue weighted by Crippen LogP contribution is 2.19. The van der Waals surface area contributed by atoms with Crippen molar-refractivity contribution in [1.29, 1.82) is 0 Å². The molecule has 74 valence electrons. The lowest BCUT2D eigenvalue weighted by Crippen LogP contribution is -2.12. The Morgan fingerprint density at radius 2 is 1.75 bits per heavy atom. The first-order chi connectivity index (χ1) is 5.74. The van der Waals surface area contributed by atoms with Crippen molar-refractivity contribution in [2.75, 3.05) is 0 Å². The first-order valence-electron chi connectivity index (χ1n) is 5.42. The van der Waals surface area contributed by atoms with E-state index >= 15 is 0 Å². The van der Waals surface area contributed by atoms with E-state index in [1.54, 1.807) is 0 Å². The summed E-state index contributed by atoms with van der Waals surface area (Å²) in [6, 6.07) is 0. The summed E-state index contributed by atoms with van der Waals surface area (Å²) in [7, 11) is 0. The molecule has 0 saturated carbocycles. The van der Waals surface area contributed by atoms with Gasteiger partial charge in [0, 0.05) is 0 Å². The van der Waals surface area contributed by atoms with E-state index in [9.17, 15) is 5.11 Å². The monoisotopic (exact) mass is 172 g/mol. The van der Waals surface area contributed by atoms with Crippen LogP contribution in [0.1, 0.15) is 59.3 Å². The van der Waals surface area contributed by atoms with E-state index in [0.29, 0.717) is 0 Å². The van der Waals surface area contributed by atoms with E-state index in [2.05, 4.69) is 20.8 Å². The molecule has 0 aromatic rings. The molecule has 0 rings (SSSR count). The number of hydrogen-bond donors (Lipinski definition) is 1. The van der Waals surface area contributed by atoms with E-state index < -0.39 is 0 Å². The van der Waals surface area contributed by atoms with E-state index in [1.165, 1.54) is 25.7 Å². The lowest BCUT2D eigenvalue weighted by molar-refractivity contribution is 0.133. The molecule has 0 radical (unpaired) electrons. The zero-order valence-electron chi connectivity index (χ0n) is 8.84. The Kier molecular flexibility index (Phi) is 7.58. The Labute approximate surface area is 77.2 Å². The van der Waals surface area contributed by atoms with Crippen LogP contribution in [0.2, 0.25) is 0 Å². The second-order valence-corrected chi connectivity index (χ2v) is 3.71. The molecule has 0 aromatic heterocycles. The molecule has 1 heteroatoms. The van der Waals surface area contributed by atoms with Crippen molar-refractivity contribution in [3.63, 3.8) is 0 Å². The average molecular weight is 172 g/mol. The van der Waals surface area contributed by atoms with Gasteiger partial charge in [0.25, 0.3) is 0 Å². The van der Waals surface area contributed by atoms with E-state index in [1.807, 2.05) is 0 Å². The van der Waals surface area contributed by atoms with Gasteiger partial charge in [0.1, 0.15) is 0 Å². The Hall–Kier alpha value is -0.0400. The molecule has 0 aliphatic rings. The summed E-state index contributed by atoms with van der Waals surface area (Å²) in [5.74, 6) is 0.750. The number of aliphatic hydroxyl groups excluding tert-OH is 1. The minimum Gasteiger partial charge on any atom is -0.393 e. The van der Waals surface area contributed by atoms with Gasteiger partial charge in [0.2, 0.25) is 0 Å². The number of unbranched alkanes of at least 4 members (excludes halogenated alkanes) is 1. The summed E-state index contributed by atoms with van der Waals surface area (Å²) in [4.78, 5) is 0. The maximum Gasteiger partial charge on any atom is 0.0540 e. The topological polar surface area (TPSA) is 20.2 Å². The Balaban J connectivity index is 3.51. The predicted molar refractivity (Wildman–Crippen MR) is 54.2 cm³/mol. The van der Waals surface area contributed by atoms with Crippen LogP contribution in [0.3, 0.4) is 0 Å². The predicted octanol–water partition coefficient (Wildman–Crippen LogP) is 3.36. The molecule has 1 nitrogen and oxygen atoms in total. The minimum absolute atomic E-state index is 0.0631. The average Bonchev–Trinajstić information content (AvgIpc) is 2.11. The number of rotatable bonds is 7. The zero-order chi connectivity index (χ0) is 9.40. The van der Waals surface area contributed by atoms with Gasteiger partial charge in [-0.15, -0.1) is 0 Å². The fraction of sp³-hybridized carbons (Fsp3) is 1.00. The molecule has 0 amide bonds. The standard InChI is InChI=1S/C11H24O/c1-4-7-8-10(5-2)9-11(12)6-3/h10-12H,4-9H2,1-3H3. The van der Waals surface area contributed by atoms with Crippen molar-refractivity contribution in [2.45, 2.75) is 65.4 Å². The Morgan fingerprint density at radius 3 is 2.17 bits per heavy atom. The highest BCUT2D eigenvalue weighted by atomic mass is 16.3. The van der Waals surface area contributed by atoms with Crippen LogP contribution in [0.25, 0.3) is 0 Å². The van der Waals surface area contributed by atoms with Gasteiger partial charge >= 0.3 is 0 Å². The molecular weight excluding hydrogens is 148 g/mol. The summed E-state index contributed by atoms with van der Waals surface area (Å²) in [5.41, 5.74) is 0. The summed E-state index contributed by atoms with van der Waals surface area (Å²) < 4.78 is 0. The molecule has 0 saturated heterocycles. The van der Waals surface area contributed by atoms with Gasteiger partial charge in [-0.05, 0) is 18.8 Å². The molecule has 12 heavy (non-hydrogen) atoms. The summed E-state index contributed by atoms with van der Waals surface area (Å²) in [6.07, 6.45) is 6.96. The smallest absolute Gasteiger partial charge is 0.0540 e. The van der Waals surface area contributed by atoms with Crippen molar-refractivity contribution < 1.29 is 5.11 Å². The minimum atomic E-state index is -0.0631. The van der Waals surface area contributed by atoms with Gasteiger partial charge in [0.15, 0.2) is 0 Å². The highest BCUT2D eigenvalue weighted by Gasteiger charge is 2.10. The van der Waals surface area contributed by atoms with Crippen molar-refractivity contribution in [2.24, 2.45) is 5.92 Å². The van der Waals surface area contributed by atoms with Crippen LogP contribution in [0.4, 0.5) is 0 Å². The van der Waals surface area contributed by atoms with Crippen LogP contribution in [0.15, 0.2) is 0 Å². The van der Waals surface area contributed by atoms with Gasteiger partial charge in [-0.3, -0.25) is 0 Å². The van der Waals surface area contributed by atoms with Gasteiger partial charge in [-0.2, -0.15) is 0 Å². The van der Waals surface area contributed by atoms with Crippen LogP contribution >= 0.6 is 0 Å². The third kappa shape index (κ3) is 5.59. The summed E-state index contributed by atoms with van der Waals surface area (Å²) >= 11 is 0. The van der Waals surface area contributed by atoms with Crippen LogP contribution in [-0.4, -0.2) is 11.2 Å². The largest absolute Gasteiger partial charge is 0.393 e. The number of hydrogen-bond acceptors (Lipinski definition) is 1. The molecule has 2 atom stereocenters. The second kappa shape index (κ2) is 7.60. The Morgan fingerprint density at radius 1 is 1.08 bits per heavy atom. The summed E-state index contributed by atoms with van der Waals surface area (Å²) in [6.45, 7) is 6.50. The molecule has 0 fully saturated rings. The van der Waals surface area contributed by atoms with Crippen molar-refractivity contribution in [1.82, 2.24) is 0 Å². The van der Waals surface area contributed by atoms with Gasteiger partial charge in [-0.1, -0.05) is 46.5 Å². The first kappa shape index (κ1) is 12.0. The fourth-order valence-corrected chi connectivity index (χ4v) is 1.53. The van der Waals surface area contributed by atoms with Crippen molar-refractivity contribution in [3.8, 4) is 0 Å². The quantitative estimate of drug-likeness (QED) is 0.624. The summed E-state index contributed by atoms with van der Waals surface area (Å²) in [5, 5.41) is 9.46. The van der Waals surface area contributed by atoms with Gasteiger partial charge < -0.3 is 5.11 Å². The molecule has 0 bridgehead atoms. The Bertz CT molecular complexity index is 91.0. The maximum atomic E-state index is 9.46. The first-order valence-corrected chi connectivity index (χ1v) is 5.42. The third-order valence-corrected chi connectivity index (χ3v) is 2.62. The van der Waals surface area contributed by atoms with Crippen LogP contribution < -0.4 is 0 Å². The lowest BCUT2D eigenvalue weighted by Gasteiger charge is -2.17. The third-order valence-electron chi connectivity index (χ3n) is 2.62. The molecular formula is C11H24O. The van der Waals surface area contributed by atoms with Gasteiger partial charge in [-0.25, -0.2) is 0 Å². The van der Waals surface area contributed by atoms with Crippen LogP contribution in [0, 0.1) is 5.92 Å². The normalized spacial score (nSPS) is 16.0. The van der Waals surface area contributed by atoms with Crippen LogP contribution in [-0.2, 0) is 0 Å². The van der Waals surface area contributed by atoms with E-state index in [4.69, 9.17) is 0 Å². The lowest BCUT2D eigenvalue weighted by atomic mass is 9.92. The molecule has 1 N–H and O–H groups in total. The van der Waals surface area contributed by atoms with E-state index in [0.717, 1.165) is 18.8 Å². The second-order valence-electron chi connectivity index (χ2n) is 3.71. The van der Waals surface area contributed by atoms with Gasteiger partial charge in [0.05, 0.1) is 6.10 Å². The van der Waals surface area contributed by atoms with Crippen LogP contribution in [0.5, 0.6) is 0 Å². The highest BCUT2D eigenvalue weighted by molar-refractivity contribution is 4.62. The number of aliphatic hydroxyl groups is 1.